The van der Waals surface area contributed by atoms with Crippen LogP contribution in [-0.4, -0.2) is 68.1 Å². The van der Waals surface area contributed by atoms with Crippen LogP contribution in [0.5, 0.6) is 5.75 Å². The number of nitrogens with one attached hydrogen (secondary N) is 1. The second kappa shape index (κ2) is 12.4. The first-order chi connectivity index (χ1) is 18.5. The first-order valence-corrected chi connectivity index (χ1v) is 15.5. The molecule has 12 heteroatoms. The molecule has 1 aliphatic heterocycles. The summed E-state index contributed by atoms with van der Waals surface area (Å²) in [5, 5.41) is 12.5. The minimum absolute atomic E-state index is 0.144. The Hall–Kier alpha value is -2.34. The number of hydrogen-bond acceptors (Lipinski definition) is 7. The monoisotopic (exact) mass is 611 g/mol. The molecule has 3 aromatic rings. The van der Waals surface area contributed by atoms with Gasteiger partial charge < -0.3 is 14.7 Å². The average Bonchev–Trinajstić information content (AvgIpc) is 3.44. The fourth-order valence-electron chi connectivity index (χ4n) is 4.47. The molecule has 1 amide bonds. The van der Waals surface area contributed by atoms with Crippen LogP contribution in [0.2, 0.25) is 10.0 Å². The number of rotatable bonds is 9. The first kappa shape index (κ1) is 29.6. The molecule has 0 saturated carbocycles. The maximum Gasteiger partial charge on any atom is 0.271 e. The van der Waals surface area contributed by atoms with Gasteiger partial charge in [-0.1, -0.05) is 48.3 Å². The number of carbonyl (C=O) groups is 1. The highest BCUT2D eigenvalue weighted by Gasteiger charge is 2.35. The predicted molar refractivity (Wildman–Crippen MR) is 156 cm³/mol. The fourth-order valence-corrected chi connectivity index (χ4v) is 6.85. The van der Waals surface area contributed by atoms with Gasteiger partial charge in [0.25, 0.3) is 15.9 Å². The molecular weight excluding hydrogens is 581 g/mol. The van der Waals surface area contributed by atoms with E-state index in [0.717, 1.165) is 16.9 Å². The van der Waals surface area contributed by atoms with Gasteiger partial charge in [-0.15, -0.1) is 11.3 Å². The third kappa shape index (κ3) is 6.87. The smallest absolute Gasteiger partial charge is 0.271 e. The van der Waals surface area contributed by atoms with Crippen molar-refractivity contribution in [2.24, 2.45) is 5.92 Å². The van der Waals surface area contributed by atoms with E-state index < -0.39 is 22.2 Å². The predicted octanol–water partition coefficient (Wildman–Crippen LogP) is 5.21. The highest BCUT2D eigenvalue weighted by Crippen LogP contribution is 2.36. The van der Waals surface area contributed by atoms with E-state index in [9.17, 15) is 18.3 Å². The normalized spacial score (nSPS) is 18.7. The Morgan fingerprint density at radius 2 is 1.97 bits per heavy atom. The van der Waals surface area contributed by atoms with Gasteiger partial charge in [0.2, 0.25) is 0 Å². The Labute approximate surface area is 243 Å². The minimum Gasteiger partial charge on any atom is -0.486 e. The Morgan fingerprint density at radius 1 is 1.21 bits per heavy atom. The highest BCUT2D eigenvalue weighted by atomic mass is 35.5. The van der Waals surface area contributed by atoms with Gasteiger partial charge in [-0.2, -0.15) is 0 Å². The molecular formula is C27H31Cl2N3O5S2. The molecule has 2 N–H and O–H groups in total. The van der Waals surface area contributed by atoms with Gasteiger partial charge in [0, 0.05) is 25.6 Å². The molecule has 2 aromatic carbocycles. The van der Waals surface area contributed by atoms with E-state index in [1.165, 1.54) is 6.07 Å². The van der Waals surface area contributed by atoms with Crippen molar-refractivity contribution in [3.8, 4) is 5.75 Å². The Balaban J connectivity index is 1.69. The molecule has 0 saturated heterocycles. The number of benzene rings is 2. The van der Waals surface area contributed by atoms with Gasteiger partial charge in [-0.3, -0.25) is 14.4 Å². The van der Waals surface area contributed by atoms with Crippen molar-refractivity contribution in [3.63, 3.8) is 0 Å². The van der Waals surface area contributed by atoms with Crippen molar-refractivity contribution in [2.75, 3.05) is 31.5 Å². The largest absolute Gasteiger partial charge is 0.486 e. The van der Waals surface area contributed by atoms with Crippen molar-refractivity contribution >= 4 is 56.2 Å². The summed E-state index contributed by atoms with van der Waals surface area (Å²) < 4.78 is 35.4. The average molecular weight is 613 g/mol. The van der Waals surface area contributed by atoms with Crippen LogP contribution in [0.4, 0.5) is 5.69 Å². The number of para-hydroxylation sites is 1. The maximum atomic E-state index is 13.6. The summed E-state index contributed by atoms with van der Waals surface area (Å²) in [4.78, 5) is 17.3. The second-order valence-electron chi connectivity index (χ2n) is 9.79. The van der Waals surface area contributed by atoms with Gasteiger partial charge in [0.05, 0.1) is 33.9 Å². The SMILES string of the molecule is C[C@H](CO)N1C[C@H](C)[C@H](CN(C)Cc2ccc(Cl)c(Cl)c2)Oc2c(NS(=O)(=O)c3cccs3)cccc2C1=O. The molecule has 210 valence electrons. The van der Waals surface area contributed by atoms with E-state index in [1.807, 2.05) is 26.1 Å². The number of aliphatic hydroxyl groups is 1. The van der Waals surface area contributed by atoms with Gasteiger partial charge >= 0.3 is 0 Å². The number of halogens is 2. The van der Waals surface area contributed by atoms with Gasteiger partial charge in [-0.25, -0.2) is 8.42 Å². The number of amides is 1. The third-order valence-corrected chi connectivity index (χ3v) is 10.1. The Morgan fingerprint density at radius 3 is 2.64 bits per heavy atom. The van der Waals surface area contributed by atoms with Gasteiger partial charge in [-0.05, 0) is 55.2 Å². The Kier molecular flexibility index (Phi) is 9.46. The number of carbonyl (C=O) groups excluding carboxylic acids is 1. The van der Waals surface area contributed by atoms with Crippen LogP contribution in [0.25, 0.3) is 0 Å². The minimum atomic E-state index is -3.89. The first-order valence-electron chi connectivity index (χ1n) is 12.4. The number of thiophene rings is 1. The van der Waals surface area contributed by atoms with E-state index in [-0.39, 0.29) is 39.6 Å². The van der Waals surface area contributed by atoms with Crippen molar-refractivity contribution in [3.05, 3.63) is 75.1 Å². The van der Waals surface area contributed by atoms with E-state index >= 15 is 0 Å². The van der Waals surface area contributed by atoms with Crippen molar-refractivity contribution in [1.29, 1.82) is 0 Å². The molecule has 0 bridgehead atoms. The molecule has 0 unspecified atom stereocenters. The molecule has 3 atom stereocenters. The van der Waals surface area contributed by atoms with Gasteiger partial charge in [0.15, 0.2) is 5.75 Å². The lowest BCUT2D eigenvalue weighted by molar-refractivity contribution is 0.0344. The number of fused-ring (bicyclic) bond motifs is 1. The van der Waals surface area contributed by atoms with E-state index in [1.54, 1.807) is 47.5 Å². The summed E-state index contributed by atoms with van der Waals surface area (Å²) in [6, 6.07) is 13.0. The number of anilines is 1. The summed E-state index contributed by atoms with van der Waals surface area (Å²) in [5.74, 6) is -0.315. The zero-order chi connectivity index (χ0) is 28.3. The number of ether oxygens (including phenoxy) is 1. The molecule has 4 rings (SSSR count). The molecule has 2 heterocycles. The summed E-state index contributed by atoms with van der Waals surface area (Å²) >= 11 is 13.4. The zero-order valence-corrected chi connectivity index (χ0v) is 24.9. The Bertz CT molecular complexity index is 1420. The van der Waals surface area contributed by atoms with Crippen LogP contribution in [-0.2, 0) is 16.6 Å². The van der Waals surface area contributed by atoms with Crippen LogP contribution in [0.15, 0.2) is 58.1 Å². The van der Waals surface area contributed by atoms with Crippen LogP contribution < -0.4 is 9.46 Å². The third-order valence-electron chi connectivity index (χ3n) is 6.62. The molecule has 0 aliphatic carbocycles. The molecule has 1 aliphatic rings. The number of likely N-dealkylation sites (N-methyl/N-ethyl adjacent to an activating group) is 1. The lowest BCUT2D eigenvalue weighted by Gasteiger charge is -2.38. The second-order valence-corrected chi connectivity index (χ2v) is 13.5. The topological polar surface area (TPSA) is 99.2 Å². The van der Waals surface area contributed by atoms with Crippen LogP contribution in [0, 0.1) is 5.92 Å². The molecule has 0 fully saturated rings. The van der Waals surface area contributed by atoms with E-state index in [0.29, 0.717) is 29.7 Å². The zero-order valence-electron chi connectivity index (χ0n) is 21.8. The summed E-state index contributed by atoms with van der Waals surface area (Å²) in [5.41, 5.74) is 1.38. The molecule has 39 heavy (non-hydrogen) atoms. The van der Waals surface area contributed by atoms with Crippen LogP contribution in [0.3, 0.4) is 0 Å². The number of sulfonamides is 1. The van der Waals surface area contributed by atoms with Crippen molar-refractivity contribution in [2.45, 2.75) is 36.7 Å². The summed E-state index contributed by atoms with van der Waals surface area (Å²) in [6.07, 6.45) is -0.412. The lowest BCUT2D eigenvalue weighted by Crippen LogP contribution is -2.49. The van der Waals surface area contributed by atoms with E-state index in [2.05, 4.69) is 9.62 Å². The van der Waals surface area contributed by atoms with Crippen LogP contribution in [0.1, 0.15) is 29.8 Å². The maximum absolute atomic E-state index is 13.6. The molecule has 0 radical (unpaired) electrons. The molecule has 1 aromatic heterocycles. The summed E-state index contributed by atoms with van der Waals surface area (Å²) in [7, 11) is -1.94. The van der Waals surface area contributed by atoms with Crippen molar-refractivity contribution < 1.29 is 23.1 Å². The highest BCUT2D eigenvalue weighted by molar-refractivity contribution is 7.94. The number of aliphatic hydroxyl groups excluding tert-OH is 1. The van der Waals surface area contributed by atoms with Crippen molar-refractivity contribution in [1.82, 2.24) is 9.80 Å². The number of hydrogen-bond donors (Lipinski definition) is 2. The van der Waals surface area contributed by atoms with Gasteiger partial charge in [0.1, 0.15) is 10.3 Å². The molecule has 0 spiro atoms. The molecule has 8 nitrogen and oxygen atoms in total. The fraction of sp³-hybridized carbons (Fsp3) is 0.370. The summed E-state index contributed by atoms with van der Waals surface area (Å²) in [6.45, 7) is 4.95. The lowest BCUT2D eigenvalue weighted by atomic mass is 9.99. The standard InChI is InChI=1S/C27H31Cl2N3O5S2/c1-17-13-32(18(2)16-33)27(34)20-6-4-7-23(30-39(35,36)25-8-5-11-38-25)26(20)37-24(17)15-31(3)14-19-9-10-21(28)22(29)12-19/h4-12,17-18,24,30,33H,13-16H2,1-3H3/t17-,18+,24-/m0/s1. The van der Waals surface area contributed by atoms with Crippen LogP contribution >= 0.6 is 34.5 Å². The number of nitrogens with zero attached hydrogens (tertiary/aromatic N) is 2. The van der Waals surface area contributed by atoms with E-state index in [4.69, 9.17) is 27.9 Å². The quantitative estimate of drug-likeness (QED) is 0.345.